The van der Waals surface area contributed by atoms with Crippen LogP contribution in [0.3, 0.4) is 0 Å². The van der Waals surface area contributed by atoms with Crippen LogP contribution in [0.4, 0.5) is 29.3 Å². The van der Waals surface area contributed by atoms with E-state index in [1.165, 1.54) is 15.4 Å². The molecule has 2 amide bonds. The predicted molar refractivity (Wildman–Crippen MR) is 96.8 cm³/mol. The average Bonchev–Trinajstić information content (AvgIpc) is 3.20. The number of urea groups is 1. The minimum Gasteiger partial charge on any atom is -0.314 e. The van der Waals surface area contributed by atoms with Gasteiger partial charge in [0.1, 0.15) is 0 Å². The second-order valence-electron chi connectivity index (χ2n) is 6.79. The lowest BCUT2D eigenvalue weighted by Crippen LogP contribution is -2.47. The van der Waals surface area contributed by atoms with Gasteiger partial charge in [0, 0.05) is 30.9 Å². The van der Waals surface area contributed by atoms with Gasteiger partial charge in [0.15, 0.2) is 17.5 Å². The van der Waals surface area contributed by atoms with Crippen molar-refractivity contribution >= 4 is 27.6 Å². The zero-order valence-corrected chi connectivity index (χ0v) is 16.0. The molecule has 0 saturated carbocycles. The summed E-state index contributed by atoms with van der Waals surface area (Å²) in [6.07, 6.45) is 1.43. The Morgan fingerprint density at radius 1 is 1.28 bits per heavy atom. The lowest BCUT2D eigenvalue weighted by atomic mass is 10.2. The number of carbonyl (C=O) groups excluding carboxylic acids is 1. The summed E-state index contributed by atoms with van der Waals surface area (Å²) in [7, 11) is -3.66. The van der Waals surface area contributed by atoms with E-state index in [1.54, 1.807) is 11.6 Å². The minimum atomic E-state index is -3.66. The maximum Gasteiger partial charge on any atom is 0.322 e. The number of carbonyl (C=O) groups is 1. The van der Waals surface area contributed by atoms with Crippen LogP contribution in [0.25, 0.3) is 0 Å². The molecule has 1 saturated heterocycles. The van der Waals surface area contributed by atoms with Crippen molar-refractivity contribution < 1.29 is 26.4 Å². The van der Waals surface area contributed by atoms with Gasteiger partial charge in [-0.05, 0) is 6.92 Å². The van der Waals surface area contributed by atoms with Crippen LogP contribution in [0.1, 0.15) is 12.6 Å². The molecule has 1 aromatic carbocycles. The van der Waals surface area contributed by atoms with E-state index < -0.39 is 33.7 Å². The first-order valence-electron chi connectivity index (χ1n) is 8.71. The number of hydrogen-bond acceptors (Lipinski definition) is 4. The maximum absolute atomic E-state index is 13.4. The fraction of sp³-hybridized carbons (Fsp3) is 0.375. The molecule has 29 heavy (non-hydrogen) atoms. The van der Waals surface area contributed by atoms with Gasteiger partial charge in [-0.1, -0.05) is 0 Å². The molecule has 2 N–H and O–H groups in total. The average molecular weight is 430 g/mol. The molecule has 0 bridgehead atoms. The normalized spacial score (nSPS) is 20.6. The van der Waals surface area contributed by atoms with E-state index in [1.807, 2.05) is 0 Å². The summed E-state index contributed by atoms with van der Waals surface area (Å²) >= 11 is 0. The quantitative estimate of drug-likeness (QED) is 0.704. The van der Waals surface area contributed by atoms with Crippen molar-refractivity contribution in [1.82, 2.24) is 19.4 Å². The lowest BCUT2D eigenvalue weighted by Gasteiger charge is -2.34. The molecule has 9 nitrogen and oxygen atoms in total. The van der Waals surface area contributed by atoms with Gasteiger partial charge < -0.3 is 10.2 Å². The highest BCUT2D eigenvalue weighted by Gasteiger charge is 2.35. The molecule has 0 aliphatic carbocycles. The number of aromatic nitrogens is 2. The molecule has 0 unspecified atom stereocenters. The third kappa shape index (κ3) is 3.40. The smallest absolute Gasteiger partial charge is 0.314 e. The number of hydrogen-bond donors (Lipinski definition) is 2. The second-order valence-corrected chi connectivity index (χ2v) is 8.47. The standard InChI is InChI=1S/C16H17F3N6O3S/c1-9-7-24-14(13(6-20-24)25-3-2-21-29(25,27)28)8-23(9)16(26)22-10-4-11(17)15(19)12(18)5-10/h4-6,9,21H,2-3,7-8H2,1H3,(H,22,26)/t9-/m0/s1. The van der Waals surface area contributed by atoms with Crippen molar-refractivity contribution in [2.75, 3.05) is 22.7 Å². The van der Waals surface area contributed by atoms with Crippen LogP contribution < -0.4 is 14.3 Å². The summed E-state index contributed by atoms with van der Waals surface area (Å²) < 4.78 is 69.4. The molecule has 1 fully saturated rings. The van der Waals surface area contributed by atoms with Crippen LogP contribution in [0.5, 0.6) is 0 Å². The summed E-state index contributed by atoms with van der Waals surface area (Å²) in [5, 5.41) is 6.56. The largest absolute Gasteiger partial charge is 0.322 e. The Balaban J connectivity index is 1.58. The third-order valence-corrected chi connectivity index (χ3v) is 6.40. The lowest BCUT2D eigenvalue weighted by molar-refractivity contribution is 0.161. The summed E-state index contributed by atoms with van der Waals surface area (Å²) in [5.41, 5.74) is 0.643. The fourth-order valence-corrected chi connectivity index (χ4v) is 4.66. The highest BCUT2D eigenvalue weighted by atomic mass is 32.2. The second kappa shape index (κ2) is 6.91. The third-order valence-electron chi connectivity index (χ3n) is 4.87. The van der Waals surface area contributed by atoms with Crippen molar-refractivity contribution in [2.45, 2.75) is 26.1 Å². The van der Waals surface area contributed by atoms with Crippen molar-refractivity contribution in [1.29, 1.82) is 0 Å². The van der Waals surface area contributed by atoms with E-state index >= 15 is 0 Å². The highest BCUT2D eigenvalue weighted by Crippen LogP contribution is 2.30. The molecular formula is C16H17F3N6O3S. The topological polar surface area (TPSA) is 99.6 Å². The van der Waals surface area contributed by atoms with E-state index in [0.717, 1.165) is 0 Å². The Hall–Kier alpha value is -2.80. The Kier molecular flexibility index (Phi) is 4.65. The Morgan fingerprint density at radius 3 is 2.59 bits per heavy atom. The van der Waals surface area contributed by atoms with Gasteiger partial charge in [-0.25, -0.2) is 18.0 Å². The molecule has 1 atom stereocenters. The summed E-state index contributed by atoms with van der Waals surface area (Å²) in [6, 6.07) is 0.369. The Labute approximate surface area is 164 Å². The summed E-state index contributed by atoms with van der Waals surface area (Å²) in [5.74, 6) is -4.46. The maximum atomic E-state index is 13.4. The molecular weight excluding hydrogens is 413 g/mol. The molecule has 1 aromatic heterocycles. The number of halogens is 3. The molecule has 0 radical (unpaired) electrons. The molecule has 156 valence electrons. The first-order valence-corrected chi connectivity index (χ1v) is 10.2. The minimum absolute atomic E-state index is 0.0283. The SMILES string of the molecule is C[C@H]1Cn2ncc(N3CCNS3(=O)=O)c2CN1C(=O)Nc1cc(F)c(F)c(F)c1. The van der Waals surface area contributed by atoms with Gasteiger partial charge in [-0.3, -0.25) is 8.99 Å². The molecule has 2 aliphatic heterocycles. The van der Waals surface area contributed by atoms with Crippen LogP contribution in [0, 0.1) is 17.5 Å². The highest BCUT2D eigenvalue weighted by molar-refractivity contribution is 7.91. The number of rotatable bonds is 2. The van der Waals surface area contributed by atoms with Crippen molar-refractivity contribution in [3.8, 4) is 0 Å². The molecule has 3 heterocycles. The van der Waals surface area contributed by atoms with Gasteiger partial charge >= 0.3 is 16.2 Å². The van der Waals surface area contributed by atoms with Crippen molar-refractivity contribution in [3.05, 3.63) is 41.5 Å². The van der Waals surface area contributed by atoms with Crippen molar-refractivity contribution in [2.24, 2.45) is 0 Å². The zero-order valence-electron chi connectivity index (χ0n) is 15.2. The number of nitrogens with zero attached hydrogens (tertiary/aromatic N) is 4. The number of benzene rings is 1. The predicted octanol–water partition coefficient (Wildman–Crippen LogP) is 1.39. The van der Waals surface area contributed by atoms with Crippen LogP contribution in [0.15, 0.2) is 18.3 Å². The first-order chi connectivity index (χ1) is 13.7. The Bertz CT molecular complexity index is 1070. The summed E-state index contributed by atoms with van der Waals surface area (Å²) in [4.78, 5) is 14.1. The fourth-order valence-electron chi connectivity index (χ4n) is 3.41. The van der Waals surface area contributed by atoms with E-state index in [-0.39, 0.29) is 31.4 Å². The van der Waals surface area contributed by atoms with Gasteiger partial charge in [0.2, 0.25) is 0 Å². The van der Waals surface area contributed by atoms with Gasteiger partial charge in [0.05, 0.1) is 36.7 Å². The van der Waals surface area contributed by atoms with Crippen LogP contribution in [0.2, 0.25) is 0 Å². The molecule has 4 rings (SSSR count). The number of amides is 2. The zero-order chi connectivity index (χ0) is 20.9. The van der Waals surface area contributed by atoms with Crippen LogP contribution in [-0.2, 0) is 23.3 Å². The van der Waals surface area contributed by atoms with E-state index in [4.69, 9.17) is 0 Å². The van der Waals surface area contributed by atoms with Gasteiger partial charge in [-0.2, -0.15) is 18.2 Å². The van der Waals surface area contributed by atoms with E-state index in [2.05, 4.69) is 15.1 Å². The number of anilines is 2. The van der Waals surface area contributed by atoms with Crippen LogP contribution >= 0.6 is 0 Å². The molecule has 13 heteroatoms. The van der Waals surface area contributed by atoms with Crippen molar-refractivity contribution in [3.63, 3.8) is 0 Å². The van der Waals surface area contributed by atoms with E-state index in [9.17, 15) is 26.4 Å². The number of nitrogens with one attached hydrogen (secondary N) is 2. The van der Waals surface area contributed by atoms with E-state index in [0.29, 0.717) is 30.1 Å². The van der Waals surface area contributed by atoms with Crippen LogP contribution in [-0.4, -0.2) is 48.3 Å². The molecule has 2 aliphatic rings. The van der Waals surface area contributed by atoms with Gasteiger partial charge in [-0.15, -0.1) is 0 Å². The van der Waals surface area contributed by atoms with Gasteiger partial charge in [0.25, 0.3) is 0 Å². The molecule has 2 aromatic rings. The summed E-state index contributed by atoms with van der Waals surface area (Å²) in [6.45, 7) is 2.58. The monoisotopic (exact) mass is 430 g/mol. The first kappa shape index (κ1) is 19.5. The Morgan fingerprint density at radius 2 is 1.97 bits per heavy atom. The number of fused-ring (bicyclic) bond motifs is 1. The molecule has 0 spiro atoms.